The number of benzene rings is 1. The molecule has 9 nitrogen and oxygen atoms in total. The largest absolute Gasteiger partial charge is 0.379 e. The molecule has 2 N–H and O–H groups in total. The molecule has 0 radical (unpaired) electrons. The molecule has 36 heavy (non-hydrogen) atoms. The number of H-pyrrole nitrogens is 1. The van der Waals surface area contributed by atoms with Gasteiger partial charge in [-0.25, -0.2) is 13.9 Å². The maximum atomic E-state index is 15.4. The number of aryl methyl sites for hydroxylation is 1. The smallest absolute Gasteiger partial charge is 0.333 e. The van der Waals surface area contributed by atoms with E-state index in [1.54, 1.807) is 18.3 Å². The van der Waals surface area contributed by atoms with Gasteiger partial charge in [0.2, 0.25) is 5.82 Å². The molecule has 0 amide bonds. The number of anilines is 2. The molecule has 1 aliphatic rings. The third kappa shape index (κ3) is 5.35. The van der Waals surface area contributed by atoms with Crippen molar-refractivity contribution in [1.29, 1.82) is 0 Å². The number of nitrogens with zero attached hydrogens (tertiary/aromatic N) is 5. The highest BCUT2D eigenvalue weighted by Gasteiger charge is 2.39. The van der Waals surface area contributed by atoms with Crippen molar-refractivity contribution < 1.29 is 22.6 Å². The van der Waals surface area contributed by atoms with Crippen LogP contribution in [0.15, 0.2) is 42.6 Å². The van der Waals surface area contributed by atoms with Crippen LogP contribution in [0, 0.1) is 12.7 Å². The van der Waals surface area contributed by atoms with Gasteiger partial charge >= 0.3 is 5.92 Å². The standard InChI is InChI=1S/C24H26F3N7O2/c1-16-12-21(31-30-16)28-22-20-13-17(15-36-11-8-33-6-9-35-10-7-33)14-34(20)32-23(29-22)24(26,27)18-2-4-19(25)5-3-18/h2-5,12-14H,6-11,15H2,1H3,(H2,28,29,30,31,32). The maximum Gasteiger partial charge on any atom is 0.333 e. The first-order chi connectivity index (χ1) is 17.4. The molecule has 1 fully saturated rings. The second-order valence-electron chi connectivity index (χ2n) is 8.61. The second kappa shape index (κ2) is 10.2. The van der Waals surface area contributed by atoms with Crippen LogP contribution in [0.4, 0.5) is 24.8 Å². The Morgan fingerprint density at radius 3 is 2.67 bits per heavy atom. The molecule has 0 unspecified atom stereocenters. The molecule has 1 saturated heterocycles. The zero-order valence-electron chi connectivity index (χ0n) is 19.7. The lowest BCUT2D eigenvalue weighted by Gasteiger charge is -2.26. The lowest BCUT2D eigenvalue weighted by Crippen LogP contribution is -2.38. The van der Waals surface area contributed by atoms with Gasteiger partial charge in [-0.15, -0.1) is 5.10 Å². The van der Waals surface area contributed by atoms with Crippen LogP contribution >= 0.6 is 0 Å². The van der Waals surface area contributed by atoms with E-state index in [1.807, 2.05) is 6.92 Å². The Morgan fingerprint density at radius 2 is 1.94 bits per heavy atom. The fraction of sp³-hybridized carbons (Fsp3) is 0.375. The number of nitrogens with one attached hydrogen (secondary N) is 2. The van der Waals surface area contributed by atoms with E-state index < -0.39 is 23.1 Å². The van der Waals surface area contributed by atoms with Crippen molar-refractivity contribution in [1.82, 2.24) is 29.7 Å². The van der Waals surface area contributed by atoms with Crippen LogP contribution in [0.25, 0.3) is 5.52 Å². The minimum Gasteiger partial charge on any atom is -0.379 e. The number of aromatic nitrogens is 5. The van der Waals surface area contributed by atoms with Crippen LogP contribution in [0.3, 0.4) is 0 Å². The normalized spacial score (nSPS) is 15.0. The van der Waals surface area contributed by atoms with E-state index in [-0.39, 0.29) is 5.82 Å². The Balaban J connectivity index is 1.41. The predicted octanol–water partition coefficient (Wildman–Crippen LogP) is 3.63. The number of hydrogen-bond donors (Lipinski definition) is 2. The van der Waals surface area contributed by atoms with Gasteiger partial charge in [0, 0.05) is 43.2 Å². The van der Waals surface area contributed by atoms with Crippen molar-refractivity contribution in [2.45, 2.75) is 19.5 Å². The highest BCUT2D eigenvalue weighted by Crippen LogP contribution is 2.35. The molecular formula is C24H26F3N7O2. The molecule has 0 bridgehead atoms. The minimum absolute atomic E-state index is 0.160. The molecule has 0 aliphatic carbocycles. The van der Waals surface area contributed by atoms with Gasteiger partial charge in [0.15, 0.2) is 11.6 Å². The van der Waals surface area contributed by atoms with Gasteiger partial charge in [0.05, 0.1) is 26.4 Å². The van der Waals surface area contributed by atoms with Crippen molar-refractivity contribution in [3.05, 3.63) is 71.1 Å². The molecule has 5 rings (SSSR count). The summed E-state index contributed by atoms with van der Waals surface area (Å²) < 4.78 is 56.5. The van der Waals surface area contributed by atoms with Gasteiger partial charge in [-0.2, -0.15) is 13.9 Å². The highest BCUT2D eigenvalue weighted by atomic mass is 19.3. The number of halogens is 3. The SMILES string of the molecule is Cc1cc(Nc2nc(C(F)(F)c3ccc(F)cc3)nn3cc(COCCN4CCOCC4)cc23)n[nH]1. The van der Waals surface area contributed by atoms with E-state index in [0.717, 1.165) is 68.4 Å². The molecule has 4 heterocycles. The van der Waals surface area contributed by atoms with Crippen LogP contribution in [0.2, 0.25) is 0 Å². The van der Waals surface area contributed by atoms with Crippen LogP contribution < -0.4 is 5.32 Å². The lowest BCUT2D eigenvalue weighted by atomic mass is 10.1. The van der Waals surface area contributed by atoms with Gasteiger partial charge in [0.25, 0.3) is 0 Å². The third-order valence-corrected chi connectivity index (χ3v) is 5.88. The van der Waals surface area contributed by atoms with Crippen LogP contribution in [-0.2, 0) is 22.0 Å². The maximum absolute atomic E-state index is 15.4. The summed E-state index contributed by atoms with van der Waals surface area (Å²) in [6, 6.07) is 7.53. The molecule has 1 aliphatic heterocycles. The molecule has 190 valence electrons. The summed E-state index contributed by atoms with van der Waals surface area (Å²) >= 11 is 0. The van der Waals surface area contributed by atoms with E-state index in [2.05, 4.69) is 30.5 Å². The quantitative estimate of drug-likeness (QED) is 0.339. The zero-order chi connectivity index (χ0) is 25.1. The number of morpholine rings is 1. The summed E-state index contributed by atoms with van der Waals surface area (Å²) in [6.45, 7) is 6.63. The van der Waals surface area contributed by atoms with Crippen molar-refractivity contribution >= 4 is 17.2 Å². The molecular weight excluding hydrogens is 475 g/mol. The Bertz CT molecular complexity index is 1320. The summed E-state index contributed by atoms with van der Waals surface area (Å²) in [7, 11) is 0. The van der Waals surface area contributed by atoms with Crippen molar-refractivity contribution in [2.75, 3.05) is 44.8 Å². The predicted molar refractivity (Wildman–Crippen MR) is 126 cm³/mol. The van der Waals surface area contributed by atoms with Crippen LogP contribution in [0.5, 0.6) is 0 Å². The minimum atomic E-state index is -3.56. The highest BCUT2D eigenvalue weighted by molar-refractivity contribution is 5.73. The van der Waals surface area contributed by atoms with Crippen molar-refractivity contribution in [3.63, 3.8) is 0 Å². The molecule has 12 heteroatoms. The number of rotatable bonds is 9. The van der Waals surface area contributed by atoms with Crippen LogP contribution in [0.1, 0.15) is 22.6 Å². The molecule has 0 atom stereocenters. The number of fused-ring (bicyclic) bond motifs is 1. The second-order valence-corrected chi connectivity index (χ2v) is 8.61. The zero-order valence-corrected chi connectivity index (χ0v) is 19.7. The fourth-order valence-electron chi connectivity index (χ4n) is 3.96. The van der Waals surface area contributed by atoms with Crippen molar-refractivity contribution in [2.24, 2.45) is 0 Å². The Kier molecular flexibility index (Phi) is 6.90. The van der Waals surface area contributed by atoms with Gasteiger partial charge in [0.1, 0.15) is 11.3 Å². The van der Waals surface area contributed by atoms with E-state index in [1.165, 1.54) is 4.52 Å². The number of ether oxygens (including phenoxy) is 2. The van der Waals surface area contributed by atoms with Gasteiger partial charge in [-0.05, 0) is 42.8 Å². The molecule has 1 aromatic carbocycles. The average Bonchev–Trinajstić information content (AvgIpc) is 3.48. The van der Waals surface area contributed by atoms with Gasteiger partial charge in [-0.3, -0.25) is 10.00 Å². The Labute approximate surface area is 205 Å². The molecule has 3 aromatic heterocycles. The van der Waals surface area contributed by atoms with E-state index >= 15 is 8.78 Å². The first-order valence-corrected chi connectivity index (χ1v) is 11.6. The number of alkyl halides is 2. The molecule has 0 saturated carbocycles. The van der Waals surface area contributed by atoms with Gasteiger partial charge < -0.3 is 14.8 Å². The summed E-state index contributed by atoms with van der Waals surface area (Å²) in [6.07, 6.45) is 1.64. The average molecular weight is 502 g/mol. The molecule has 4 aromatic rings. The van der Waals surface area contributed by atoms with Gasteiger partial charge in [-0.1, -0.05) is 0 Å². The summed E-state index contributed by atoms with van der Waals surface area (Å²) in [5.74, 6) is -4.31. The third-order valence-electron chi connectivity index (χ3n) is 5.88. The molecule has 0 spiro atoms. The Morgan fingerprint density at radius 1 is 1.17 bits per heavy atom. The number of hydrogen-bond acceptors (Lipinski definition) is 7. The Hall–Kier alpha value is -3.48. The summed E-state index contributed by atoms with van der Waals surface area (Å²) in [4.78, 5) is 6.41. The lowest BCUT2D eigenvalue weighted by molar-refractivity contribution is 0.0180. The topological polar surface area (TPSA) is 92.6 Å². The monoisotopic (exact) mass is 501 g/mol. The van der Waals surface area contributed by atoms with E-state index in [9.17, 15) is 4.39 Å². The fourth-order valence-corrected chi connectivity index (χ4v) is 3.96. The summed E-state index contributed by atoms with van der Waals surface area (Å²) in [5, 5.41) is 14.0. The first kappa shape index (κ1) is 24.2. The van der Waals surface area contributed by atoms with E-state index in [4.69, 9.17) is 9.47 Å². The first-order valence-electron chi connectivity index (χ1n) is 11.6. The summed E-state index contributed by atoms with van der Waals surface area (Å²) in [5.41, 5.74) is 1.63. The van der Waals surface area contributed by atoms with E-state index in [0.29, 0.717) is 24.5 Å². The van der Waals surface area contributed by atoms with Crippen molar-refractivity contribution in [3.8, 4) is 0 Å². The number of aromatic amines is 1. The van der Waals surface area contributed by atoms with Crippen LogP contribution in [-0.4, -0.2) is 69.2 Å².